The Morgan fingerprint density at radius 1 is 1.42 bits per heavy atom. The number of nitrogens with zero attached hydrogens (tertiary/aromatic N) is 1. The van der Waals surface area contributed by atoms with Crippen LogP contribution in [-0.4, -0.2) is 32.2 Å². The van der Waals surface area contributed by atoms with Gasteiger partial charge in [-0.05, 0) is 6.07 Å². The molecule has 2 rings (SSSR count). The number of thiophene rings is 1. The molecular formula is C10H12F3N3O2S. The van der Waals surface area contributed by atoms with Gasteiger partial charge in [-0.2, -0.15) is 19.1 Å². The number of nitrogens with one attached hydrogen (secondary N) is 1. The molecule has 19 heavy (non-hydrogen) atoms. The number of hydrogen-bond acceptors (Lipinski definition) is 6. The van der Waals surface area contributed by atoms with E-state index in [-0.39, 0.29) is 5.56 Å². The van der Waals surface area contributed by atoms with E-state index in [4.69, 9.17) is 16.0 Å². The van der Waals surface area contributed by atoms with Crippen LogP contribution in [0.1, 0.15) is 10.4 Å². The fourth-order valence-corrected chi connectivity index (χ4v) is 2.82. The van der Waals surface area contributed by atoms with Crippen LogP contribution in [0.25, 0.3) is 0 Å². The second kappa shape index (κ2) is 5.35. The standard InChI is InChI=1S/C10H12F3N3O2S/c11-10(12,13)7-5-6(8(14)18-15)9(19-7)16-1-3-17-4-2-16/h5,14H,1-4,15H2. The maximum atomic E-state index is 12.7. The molecule has 106 valence electrons. The Kier molecular flexibility index (Phi) is 3.97. The Balaban J connectivity index is 2.38. The van der Waals surface area contributed by atoms with E-state index in [1.807, 2.05) is 0 Å². The highest BCUT2D eigenvalue weighted by Gasteiger charge is 2.36. The Morgan fingerprint density at radius 2 is 2.05 bits per heavy atom. The fraction of sp³-hybridized carbons (Fsp3) is 0.500. The highest BCUT2D eigenvalue weighted by molar-refractivity contribution is 7.16. The third kappa shape index (κ3) is 2.99. The minimum absolute atomic E-state index is 0.0572. The van der Waals surface area contributed by atoms with Crippen molar-refractivity contribution in [2.75, 3.05) is 31.2 Å². The van der Waals surface area contributed by atoms with Gasteiger partial charge in [-0.3, -0.25) is 5.41 Å². The fourth-order valence-electron chi connectivity index (χ4n) is 1.75. The molecule has 0 radical (unpaired) electrons. The van der Waals surface area contributed by atoms with Gasteiger partial charge in [-0.25, -0.2) is 0 Å². The summed E-state index contributed by atoms with van der Waals surface area (Å²) in [5.41, 5.74) is 0.0572. The molecule has 0 amide bonds. The lowest BCUT2D eigenvalue weighted by Crippen LogP contribution is -2.36. The van der Waals surface area contributed by atoms with Crippen molar-refractivity contribution in [2.45, 2.75) is 6.18 Å². The quantitative estimate of drug-likeness (QED) is 0.496. The average molecular weight is 295 g/mol. The van der Waals surface area contributed by atoms with Crippen LogP contribution in [0.2, 0.25) is 0 Å². The molecule has 0 aromatic carbocycles. The minimum Gasteiger partial charge on any atom is -0.391 e. The summed E-state index contributed by atoms with van der Waals surface area (Å²) in [6, 6.07) is 0.894. The second-order valence-electron chi connectivity index (χ2n) is 3.87. The van der Waals surface area contributed by atoms with E-state index >= 15 is 0 Å². The zero-order chi connectivity index (χ0) is 14.0. The molecule has 5 nitrogen and oxygen atoms in total. The molecule has 0 bridgehead atoms. The van der Waals surface area contributed by atoms with E-state index in [0.29, 0.717) is 42.6 Å². The van der Waals surface area contributed by atoms with Crippen molar-refractivity contribution < 1.29 is 22.7 Å². The number of anilines is 1. The van der Waals surface area contributed by atoms with Gasteiger partial charge in [-0.1, -0.05) is 0 Å². The van der Waals surface area contributed by atoms with Gasteiger partial charge in [-0.15, -0.1) is 11.3 Å². The first kappa shape index (κ1) is 14.1. The number of rotatable bonds is 2. The lowest BCUT2D eigenvalue weighted by molar-refractivity contribution is -0.134. The van der Waals surface area contributed by atoms with Gasteiger partial charge in [0.25, 0.3) is 0 Å². The average Bonchev–Trinajstić information content (AvgIpc) is 2.83. The molecule has 1 aromatic heterocycles. The van der Waals surface area contributed by atoms with Gasteiger partial charge in [0.2, 0.25) is 5.90 Å². The third-order valence-corrected chi connectivity index (χ3v) is 3.89. The van der Waals surface area contributed by atoms with E-state index in [1.165, 1.54) is 0 Å². The Bertz CT molecular complexity index is 469. The molecule has 1 saturated heterocycles. The topological polar surface area (TPSA) is 71.6 Å². The molecule has 1 aliphatic heterocycles. The SMILES string of the molecule is N=C(ON)c1cc(C(F)(F)F)sc1N1CCOCC1. The summed E-state index contributed by atoms with van der Waals surface area (Å²) >= 11 is 0.586. The molecule has 1 aliphatic rings. The molecule has 9 heteroatoms. The highest BCUT2D eigenvalue weighted by atomic mass is 32.1. The van der Waals surface area contributed by atoms with Crippen LogP contribution in [0.15, 0.2) is 6.07 Å². The molecular weight excluding hydrogens is 283 g/mol. The predicted molar refractivity (Wildman–Crippen MR) is 64.5 cm³/mol. The number of halogens is 3. The first-order chi connectivity index (χ1) is 8.93. The molecule has 2 heterocycles. The number of hydrogen-bond donors (Lipinski definition) is 2. The number of ether oxygens (including phenoxy) is 1. The first-order valence-electron chi connectivity index (χ1n) is 5.43. The van der Waals surface area contributed by atoms with Crippen molar-refractivity contribution >= 4 is 22.2 Å². The Labute approximate surface area is 111 Å². The Hall–Kier alpha value is -1.32. The first-order valence-corrected chi connectivity index (χ1v) is 6.24. The van der Waals surface area contributed by atoms with Crippen molar-refractivity contribution in [3.05, 3.63) is 16.5 Å². The molecule has 0 unspecified atom stereocenters. The van der Waals surface area contributed by atoms with E-state index in [9.17, 15) is 13.2 Å². The highest BCUT2D eigenvalue weighted by Crippen LogP contribution is 2.41. The summed E-state index contributed by atoms with van der Waals surface area (Å²) in [4.78, 5) is 5.23. The maximum absolute atomic E-state index is 12.7. The largest absolute Gasteiger partial charge is 0.425 e. The van der Waals surface area contributed by atoms with Crippen LogP contribution >= 0.6 is 11.3 Å². The summed E-state index contributed by atoms with van der Waals surface area (Å²) in [7, 11) is 0. The summed E-state index contributed by atoms with van der Waals surface area (Å²) in [5, 5.41) is 7.83. The normalized spacial score (nSPS) is 16.5. The molecule has 1 aromatic rings. The molecule has 0 spiro atoms. The third-order valence-electron chi connectivity index (χ3n) is 2.65. The number of nitrogens with two attached hydrogens (primary N) is 1. The van der Waals surface area contributed by atoms with Crippen molar-refractivity contribution in [1.82, 2.24) is 0 Å². The van der Waals surface area contributed by atoms with Gasteiger partial charge in [0.1, 0.15) is 9.88 Å². The second-order valence-corrected chi connectivity index (χ2v) is 4.90. The maximum Gasteiger partial charge on any atom is 0.425 e. The van der Waals surface area contributed by atoms with E-state index in [1.54, 1.807) is 4.90 Å². The van der Waals surface area contributed by atoms with Crippen LogP contribution < -0.4 is 10.8 Å². The van der Waals surface area contributed by atoms with Gasteiger partial charge >= 0.3 is 6.18 Å². The van der Waals surface area contributed by atoms with E-state index in [0.717, 1.165) is 6.07 Å². The smallest absolute Gasteiger partial charge is 0.391 e. The number of morpholine rings is 1. The van der Waals surface area contributed by atoms with Crippen LogP contribution in [0.4, 0.5) is 18.2 Å². The van der Waals surface area contributed by atoms with Gasteiger partial charge in [0.15, 0.2) is 0 Å². The summed E-state index contributed by atoms with van der Waals surface area (Å²) in [5.74, 6) is 4.40. The lowest BCUT2D eigenvalue weighted by Gasteiger charge is -2.28. The van der Waals surface area contributed by atoms with Crippen LogP contribution in [0.5, 0.6) is 0 Å². The van der Waals surface area contributed by atoms with Gasteiger partial charge < -0.3 is 14.5 Å². The molecule has 0 atom stereocenters. The van der Waals surface area contributed by atoms with E-state index < -0.39 is 17.0 Å². The molecule has 0 aliphatic carbocycles. The zero-order valence-electron chi connectivity index (χ0n) is 9.79. The minimum atomic E-state index is -4.45. The summed E-state index contributed by atoms with van der Waals surface area (Å²) < 4.78 is 43.4. The van der Waals surface area contributed by atoms with Crippen LogP contribution in [0.3, 0.4) is 0 Å². The molecule has 0 saturated carbocycles. The van der Waals surface area contributed by atoms with Crippen molar-refractivity contribution in [1.29, 1.82) is 5.41 Å². The van der Waals surface area contributed by atoms with Crippen molar-refractivity contribution in [2.24, 2.45) is 5.90 Å². The Morgan fingerprint density at radius 3 is 2.58 bits per heavy atom. The van der Waals surface area contributed by atoms with Crippen molar-refractivity contribution in [3.63, 3.8) is 0 Å². The molecule has 3 N–H and O–H groups in total. The predicted octanol–water partition coefficient (Wildman–Crippen LogP) is 1.82. The molecule has 1 fully saturated rings. The van der Waals surface area contributed by atoms with Crippen LogP contribution in [-0.2, 0) is 15.8 Å². The van der Waals surface area contributed by atoms with Crippen molar-refractivity contribution in [3.8, 4) is 0 Å². The van der Waals surface area contributed by atoms with Gasteiger partial charge in [0.05, 0.1) is 18.8 Å². The van der Waals surface area contributed by atoms with Crippen LogP contribution in [0, 0.1) is 5.41 Å². The van der Waals surface area contributed by atoms with Gasteiger partial charge in [0, 0.05) is 13.1 Å². The summed E-state index contributed by atoms with van der Waals surface area (Å²) in [6.07, 6.45) is -4.45. The lowest BCUT2D eigenvalue weighted by atomic mass is 10.2. The number of alkyl halides is 3. The monoisotopic (exact) mass is 295 g/mol. The van der Waals surface area contributed by atoms with E-state index in [2.05, 4.69) is 4.84 Å². The summed E-state index contributed by atoms with van der Waals surface area (Å²) in [6.45, 7) is 1.83. The zero-order valence-corrected chi connectivity index (χ0v) is 10.6.